The highest BCUT2D eigenvalue weighted by atomic mass is 16.6. The summed E-state index contributed by atoms with van der Waals surface area (Å²) in [6, 6.07) is 0. The van der Waals surface area contributed by atoms with Gasteiger partial charge in [-0.25, -0.2) is 4.79 Å². The van der Waals surface area contributed by atoms with Crippen molar-refractivity contribution < 1.29 is 14.3 Å². The first-order chi connectivity index (χ1) is 6.33. The van der Waals surface area contributed by atoms with Crippen molar-refractivity contribution in [1.82, 2.24) is 5.32 Å². The topological polar surface area (TPSA) is 47.6 Å². The van der Waals surface area contributed by atoms with Gasteiger partial charge < -0.3 is 14.8 Å². The molecular formula is C9H17NO3. The maximum absolute atomic E-state index is 10.9. The molecule has 1 fully saturated rings. The first-order valence-corrected chi connectivity index (χ1v) is 4.68. The smallest absolute Gasteiger partial charge is 0.332 e. The van der Waals surface area contributed by atoms with Crippen molar-refractivity contribution in [1.29, 1.82) is 0 Å². The Morgan fingerprint density at radius 2 is 2.46 bits per heavy atom. The van der Waals surface area contributed by atoms with E-state index in [-0.39, 0.29) is 12.6 Å². The molecule has 1 heterocycles. The average molecular weight is 187 g/mol. The van der Waals surface area contributed by atoms with Gasteiger partial charge in [0.15, 0.2) is 0 Å². The van der Waals surface area contributed by atoms with Crippen molar-refractivity contribution >= 4 is 5.97 Å². The van der Waals surface area contributed by atoms with Crippen molar-refractivity contribution in [2.75, 3.05) is 33.4 Å². The highest BCUT2D eigenvalue weighted by Crippen LogP contribution is 2.09. The minimum atomic E-state index is -0.270. The molecule has 1 N–H and O–H groups in total. The Bertz CT molecular complexity index is 155. The summed E-state index contributed by atoms with van der Waals surface area (Å²) in [4.78, 5) is 10.9. The molecule has 1 rings (SSSR count). The molecule has 0 radical (unpaired) electrons. The lowest BCUT2D eigenvalue weighted by Crippen LogP contribution is -2.33. The summed E-state index contributed by atoms with van der Waals surface area (Å²) in [7, 11) is 1.49. The summed E-state index contributed by atoms with van der Waals surface area (Å²) in [6.07, 6.45) is 2.32. The van der Waals surface area contributed by atoms with Gasteiger partial charge in [0, 0.05) is 19.6 Å². The van der Waals surface area contributed by atoms with E-state index in [1.165, 1.54) is 13.5 Å². The quantitative estimate of drug-likeness (QED) is 0.638. The van der Waals surface area contributed by atoms with Crippen LogP contribution in [0.25, 0.3) is 0 Å². The van der Waals surface area contributed by atoms with Gasteiger partial charge in [0.2, 0.25) is 0 Å². The largest absolute Gasteiger partial charge is 0.464 e. The Hall–Kier alpha value is -0.610. The molecule has 0 saturated carbocycles. The molecule has 0 aliphatic carbocycles. The predicted octanol–water partition coefficient (Wildman–Crippen LogP) is 0.176. The van der Waals surface area contributed by atoms with Crippen molar-refractivity contribution in [3.63, 3.8) is 0 Å². The molecule has 76 valence electrons. The Morgan fingerprint density at radius 3 is 3.08 bits per heavy atom. The molecule has 4 nitrogen and oxygen atoms in total. The van der Waals surface area contributed by atoms with E-state index in [1.54, 1.807) is 0 Å². The number of nitrogens with one attached hydrogen (secondary N) is 1. The lowest BCUT2D eigenvalue weighted by Gasteiger charge is -2.22. The van der Waals surface area contributed by atoms with Crippen molar-refractivity contribution in [2.24, 2.45) is 5.92 Å². The van der Waals surface area contributed by atoms with Crippen LogP contribution in [0, 0.1) is 5.92 Å². The zero-order valence-electron chi connectivity index (χ0n) is 8.04. The van der Waals surface area contributed by atoms with Crippen LogP contribution in [-0.4, -0.2) is 39.4 Å². The number of carbonyl (C=O) groups is 1. The number of hydrogen-bond donors (Lipinski definition) is 1. The van der Waals surface area contributed by atoms with Crippen LogP contribution in [0.15, 0.2) is 0 Å². The number of carbonyl (C=O) groups excluding carboxylic acids is 1. The van der Waals surface area contributed by atoms with Gasteiger partial charge >= 0.3 is 5.97 Å². The fraction of sp³-hybridized carbons (Fsp3) is 0.889. The van der Waals surface area contributed by atoms with Crippen molar-refractivity contribution in [2.45, 2.75) is 12.8 Å². The Labute approximate surface area is 78.6 Å². The number of esters is 1. The van der Waals surface area contributed by atoms with Gasteiger partial charge in [0.25, 0.3) is 0 Å². The standard InChI is InChI=1S/C9H17NO3/c1-12-7-9(11)13-6-8-3-2-4-10-5-8/h8,10H,2-7H2,1H3/t8-/m0/s1. The van der Waals surface area contributed by atoms with Crippen LogP contribution in [0.1, 0.15) is 12.8 Å². The fourth-order valence-corrected chi connectivity index (χ4v) is 1.44. The molecule has 0 amide bonds. The molecule has 0 aromatic carbocycles. The molecule has 0 aromatic heterocycles. The normalized spacial score (nSPS) is 22.7. The van der Waals surface area contributed by atoms with E-state index in [0.717, 1.165) is 19.5 Å². The highest BCUT2D eigenvalue weighted by Gasteiger charge is 2.14. The van der Waals surface area contributed by atoms with Gasteiger partial charge in [0.05, 0.1) is 6.61 Å². The molecule has 1 aliphatic heterocycles. The number of ether oxygens (including phenoxy) is 2. The molecular weight excluding hydrogens is 170 g/mol. The van der Waals surface area contributed by atoms with Crippen LogP contribution in [0.4, 0.5) is 0 Å². The first-order valence-electron chi connectivity index (χ1n) is 4.68. The lowest BCUT2D eigenvalue weighted by molar-refractivity contribution is -0.149. The number of methoxy groups -OCH3 is 1. The SMILES string of the molecule is COCC(=O)OC[C@H]1CCCNC1. The summed E-state index contributed by atoms with van der Waals surface area (Å²) < 4.78 is 9.67. The van der Waals surface area contributed by atoms with E-state index in [1.807, 2.05) is 0 Å². The monoisotopic (exact) mass is 187 g/mol. The summed E-state index contributed by atoms with van der Waals surface area (Å²) in [5.41, 5.74) is 0. The van der Waals surface area contributed by atoms with Gasteiger partial charge in [-0.1, -0.05) is 0 Å². The van der Waals surface area contributed by atoms with Gasteiger partial charge in [-0.3, -0.25) is 0 Å². The Morgan fingerprint density at radius 1 is 1.62 bits per heavy atom. The summed E-state index contributed by atoms with van der Waals surface area (Å²) in [5.74, 6) is 0.211. The second kappa shape index (κ2) is 5.94. The van der Waals surface area contributed by atoms with Crippen molar-refractivity contribution in [3.8, 4) is 0 Å². The van der Waals surface area contributed by atoms with Crippen LogP contribution < -0.4 is 5.32 Å². The second-order valence-electron chi connectivity index (χ2n) is 3.33. The van der Waals surface area contributed by atoms with Crippen LogP contribution in [-0.2, 0) is 14.3 Å². The van der Waals surface area contributed by atoms with Gasteiger partial charge in [-0.2, -0.15) is 0 Å². The molecule has 0 unspecified atom stereocenters. The van der Waals surface area contributed by atoms with E-state index < -0.39 is 0 Å². The van der Waals surface area contributed by atoms with Gasteiger partial charge in [-0.05, 0) is 19.4 Å². The molecule has 13 heavy (non-hydrogen) atoms. The number of hydrogen-bond acceptors (Lipinski definition) is 4. The van der Waals surface area contributed by atoms with E-state index >= 15 is 0 Å². The molecule has 4 heteroatoms. The van der Waals surface area contributed by atoms with Crippen LogP contribution in [0.2, 0.25) is 0 Å². The summed E-state index contributed by atoms with van der Waals surface area (Å²) >= 11 is 0. The first kappa shape index (κ1) is 10.5. The van der Waals surface area contributed by atoms with Crippen LogP contribution >= 0.6 is 0 Å². The van der Waals surface area contributed by atoms with E-state index in [0.29, 0.717) is 12.5 Å². The molecule has 0 aromatic rings. The fourth-order valence-electron chi connectivity index (χ4n) is 1.44. The second-order valence-corrected chi connectivity index (χ2v) is 3.33. The summed E-state index contributed by atoms with van der Waals surface area (Å²) in [5, 5.41) is 3.27. The minimum absolute atomic E-state index is 0.0557. The summed E-state index contributed by atoms with van der Waals surface area (Å²) in [6.45, 7) is 2.62. The van der Waals surface area contributed by atoms with E-state index in [4.69, 9.17) is 4.74 Å². The maximum atomic E-state index is 10.9. The zero-order chi connectivity index (χ0) is 9.52. The molecule has 0 spiro atoms. The third-order valence-corrected chi connectivity index (χ3v) is 2.14. The molecule has 0 bridgehead atoms. The van der Waals surface area contributed by atoms with Gasteiger partial charge in [0.1, 0.15) is 6.61 Å². The highest BCUT2D eigenvalue weighted by molar-refractivity contribution is 5.70. The number of rotatable bonds is 4. The lowest BCUT2D eigenvalue weighted by atomic mass is 10.0. The third-order valence-electron chi connectivity index (χ3n) is 2.14. The average Bonchev–Trinajstić information content (AvgIpc) is 2.17. The molecule has 1 saturated heterocycles. The van der Waals surface area contributed by atoms with Crippen LogP contribution in [0.5, 0.6) is 0 Å². The predicted molar refractivity (Wildman–Crippen MR) is 48.4 cm³/mol. The maximum Gasteiger partial charge on any atom is 0.332 e. The number of piperidine rings is 1. The Balaban J connectivity index is 2.06. The van der Waals surface area contributed by atoms with E-state index in [2.05, 4.69) is 10.1 Å². The molecule has 1 atom stereocenters. The van der Waals surface area contributed by atoms with Crippen molar-refractivity contribution in [3.05, 3.63) is 0 Å². The van der Waals surface area contributed by atoms with Crippen LogP contribution in [0.3, 0.4) is 0 Å². The minimum Gasteiger partial charge on any atom is -0.464 e. The van der Waals surface area contributed by atoms with E-state index in [9.17, 15) is 4.79 Å². The zero-order valence-corrected chi connectivity index (χ0v) is 8.04. The Kier molecular flexibility index (Phi) is 4.78. The van der Waals surface area contributed by atoms with Gasteiger partial charge in [-0.15, -0.1) is 0 Å². The third kappa shape index (κ3) is 4.24. The molecule has 1 aliphatic rings.